The first kappa shape index (κ1) is 20.8. The van der Waals surface area contributed by atoms with E-state index in [0.717, 1.165) is 35.8 Å². The van der Waals surface area contributed by atoms with Crippen LogP contribution in [-0.2, 0) is 9.59 Å². The summed E-state index contributed by atoms with van der Waals surface area (Å²) in [6.45, 7) is 3.09. The van der Waals surface area contributed by atoms with E-state index >= 15 is 0 Å². The van der Waals surface area contributed by atoms with Crippen molar-refractivity contribution >= 4 is 23.3 Å². The van der Waals surface area contributed by atoms with Crippen molar-refractivity contribution in [2.45, 2.75) is 25.2 Å². The van der Waals surface area contributed by atoms with Gasteiger partial charge in [-0.15, -0.1) is 0 Å². The second-order valence-corrected chi connectivity index (χ2v) is 9.19. The molecule has 3 fully saturated rings. The van der Waals surface area contributed by atoms with E-state index < -0.39 is 0 Å². The van der Waals surface area contributed by atoms with Crippen LogP contribution in [0.2, 0.25) is 0 Å². The molecule has 0 bridgehead atoms. The van der Waals surface area contributed by atoms with E-state index in [1.807, 2.05) is 47.4 Å². The fourth-order valence-corrected chi connectivity index (χ4v) is 4.70. The van der Waals surface area contributed by atoms with Crippen LogP contribution < -0.4 is 9.80 Å². The number of piperazine rings is 1. The monoisotopic (exact) mass is 458 g/mol. The largest absolute Gasteiger partial charge is 0.353 e. The average Bonchev–Trinajstić information content (AvgIpc) is 3.49. The molecule has 34 heavy (non-hydrogen) atoms. The minimum atomic E-state index is -0.285. The van der Waals surface area contributed by atoms with Gasteiger partial charge in [-0.2, -0.15) is 4.98 Å². The number of pyridine rings is 1. The molecule has 0 radical (unpaired) electrons. The van der Waals surface area contributed by atoms with Gasteiger partial charge in [-0.3, -0.25) is 9.59 Å². The molecule has 6 rings (SSSR count). The van der Waals surface area contributed by atoms with Crippen molar-refractivity contribution in [3.63, 3.8) is 0 Å². The summed E-state index contributed by atoms with van der Waals surface area (Å²) in [6, 6.07) is 13.5. The third-order valence-corrected chi connectivity index (χ3v) is 6.83. The summed E-state index contributed by atoms with van der Waals surface area (Å²) in [5.74, 6) is 2.39. The highest BCUT2D eigenvalue weighted by Gasteiger charge is 2.38. The van der Waals surface area contributed by atoms with Gasteiger partial charge in [-0.1, -0.05) is 23.4 Å². The van der Waals surface area contributed by atoms with Gasteiger partial charge in [-0.05, 0) is 37.1 Å². The fraction of sp³-hybridized carbons (Fsp3) is 0.400. The van der Waals surface area contributed by atoms with Crippen molar-refractivity contribution in [2.75, 3.05) is 42.5 Å². The summed E-state index contributed by atoms with van der Waals surface area (Å²) in [4.78, 5) is 40.5. The molecular weight excluding hydrogens is 432 g/mol. The predicted octanol–water partition coefficient (Wildman–Crippen LogP) is 2.71. The number of carbonyl (C=O) groups excluding carboxylic acids is 2. The zero-order valence-electron chi connectivity index (χ0n) is 18.8. The molecule has 1 saturated carbocycles. The number of nitrogens with zero attached hydrogens (tertiary/aromatic N) is 6. The molecule has 0 spiro atoms. The molecule has 2 amide bonds. The van der Waals surface area contributed by atoms with Crippen LogP contribution in [0.1, 0.15) is 31.1 Å². The van der Waals surface area contributed by atoms with Crippen molar-refractivity contribution < 1.29 is 14.1 Å². The van der Waals surface area contributed by atoms with Crippen molar-refractivity contribution in [3.05, 3.63) is 54.6 Å². The molecule has 1 aromatic carbocycles. The van der Waals surface area contributed by atoms with E-state index in [1.54, 1.807) is 11.1 Å². The number of benzene rings is 1. The van der Waals surface area contributed by atoms with Gasteiger partial charge in [0.25, 0.3) is 0 Å². The highest BCUT2D eigenvalue weighted by Crippen LogP contribution is 2.39. The van der Waals surface area contributed by atoms with E-state index in [1.165, 1.54) is 0 Å². The molecule has 4 heterocycles. The van der Waals surface area contributed by atoms with Crippen LogP contribution >= 0.6 is 0 Å². The first-order chi connectivity index (χ1) is 16.7. The van der Waals surface area contributed by atoms with Crippen molar-refractivity contribution in [3.8, 4) is 11.4 Å². The molecule has 174 valence electrons. The molecule has 2 aliphatic heterocycles. The topological polar surface area (TPSA) is 95.7 Å². The third kappa shape index (κ3) is 4.02. The molecule has 2 saturated heterocycles. The maximum atomic E-state index is 13.1. The van der Waals surface area contributed by atoms with Gasteiger partial charge in [0.05, 0.1) is 5.92 Å². The van der Waals surface area contributed by atoms with Gasteiger partial charge < -0.3 is 19.2 Å². The van der Waals surface area contributed by atoms with E-state index in [0.29, 0.717) is 44.5 Å². The van der Waals surface area contributed by atoms with Gasteiger partial charge in [-0.25, -0.2) is 4.98 Å². The molecule has 9 heteroatoms. The van der Waals surface area contributed by atoms with Crippen molar-refractivity contribution in [1.29, 1.82) is 0 Å². The van der Waals surface area contributed by atoms with E-state index in [-0.39, 0.29) is 24.2 Å². The number of hydrogen-bond donors (Lipinski definition) is 0. The summed E-state index contributed by atoms with van der Waals surface area (Å²) in [5, 5.41) is 4.08. The van der Waals surface area contributed by atoms with Crippen molar-refractivity contribution in [2.24, 2.45) is 5.92 Å². The van der Waals surface area contributed by atoms with Crippen LogP contribution in [0.4, 0.5) is 11.5 Å². The summed E-state index contributed by atoms with van der Waals surface area (Å²) in [6.07, 6.45) is 4.29. The maximum absolute atomic E-state index is 13.1. The zero-order chi connectivity index (χ0) is 23.1. The standard InChI is InChI=1S/C25H26N6O3/c32-22-14-19(16-31(22)20-4-2-1-3-5-20)25(33)30-12-10-29(11-13-30)21-9-8-18(15-26-21)23-27-24(34-28-23)17-6-7-17/h1-5,8-9,15,17,19H,6-7,10-14,16H2. The van der Waals surface area contributed by atoms with Crippen molar-refractivity contribution in [1.82, 2.24) is 20.0 Å². The minimum Gasteiger partial charge on any atom is -0.353 e. The van der Waals surface area contributed by atoms with Crippen LogP contribution in [0.5, 0.6) is 0 Å². The van der Waals surface area contributed by atoms with Gasteiger partial charge >= 0.3 is 0 Å². The summed E-state index contributed by atoms with van der Waals surface area (Å²) >= 11 is 0. The van der Waals surface area contributed by atoms with Gasteiger partial charge in [0.2, 0.25) is 23.5 Å². The molecule has 3 aliphatic rings. The third-order valence-electron chi connectivity index (χ3n) is 6.83. The lowest BCUT2D eigenvalue weighted by atomic mass is 10.1. The Morgan fingerprint density at radius 1 is 1.00 bits per heavy atom. The minimum absolute atomic E-state index is 0.0123. The number of anilines is 2. The quantitative estimate of drug-likeness (QED) is 0.580. The Kier molecular flexibility index (Phi) is 5.24. The Morgan fingerprint density at radius 3 is 2.50 bits per heavy atom. The number of aromatic nitrogens is 3. The molecule has 0 N–H and O–H groups in total. The zero-order valence-corrected chi connectivity index (χ0v) is 18.8. The van der Waals surface area contributed by atoms with Crippen LogP contribution in [0.3, 0.4) is 0 Å². The summed E-state index contributed by atoms with van der Waals surface area (Å²) in [7, 11) is 0. The van der Waals surface area contributed by atoms with Crippen LogP contribution in [0.15, 0.2) is 53.2 Å². The molecule has 3 aromatic rings. The predicted molar refractivity (Wildman–Crippen MR) is 125 cm³/mol. The molecule has 2 aromatic heterocycles. The smallest absolute Gasteiger partial charge is 0.230 e. The Hall–Kier alpha value is -3.75. The van der Waals surface area contributed by atoms with Gasteiger partial charge in [0.1, 0.15) is 5.82 Å². The maximum Gasteiger partial charge on any atom is 0.230 e. The normalized spacial score (nSPS) is 20.8. The molecule has 1 aliphatic carbocycles. The van der Waals surface area contributed by atoms with Crippen LogP contribution in [-0.4, -0.2) is 64.6 Å². The van der Waals surface area contributed by atoms with Gasteiger partial charge in [0, 0.05) is 62.5 Å². The Labute approximate surface area is 197 Å². The first-order valence-electron chi connectivity index (χ1n) is 11.8. The Balaban J connectivity index is 1.05. The summed E-state index contributed by atoms with van der Waals surface area (Å²) < 4.78 is 5.34. The second-order valence-electron chi connectivity index (χ2n) is 9.19. The van der Waals surface area contributed by atoms with E-state index in [9.17, 15) is 9.59 Å². The lowest BCUT2D eigenvalue weighted by Gasteiger charge is -2.36. The fourth-order valence-electron chi connectivity index (χ4n) is 4.70. The number of rotatable bonds is 5. The van der Waals surface area contributed by atoms with Crippen LogP contribution in [0, 0.1) is 5.92 Å². The number of amides is 2. The average molecular weight is 459 g/mol. The lowest BCUT2D eigenvalue weighted by Crippen LogP contribution is -2.51. The highest BCUT2D eigenvalue weighted by atomic mass is 16.5. The first-order valence-corrected chi connectivity index (χ1v) is 11.8. The summed E-state index contributed by atoms with van der Waals surface area (Å²) in [5.41, 5.74) is 1.69. The Morgan fingerprint density at radius 2 is 1.79 bits per heavy atom. The van der Waals surface area contributed by atoms with Crippen LogP contribution in [0.25, 0.3) is 11.4 Å². The SMILES string of the molecule is O=C(C1CC(=O)N(c2ccccc2)C1)N1CCN(c2ccc(-c3noc(C4CC4)n3)cn2)CC1. The van der Waals surface area contributed by atoms with E-state index in [4.69, 9.17) is 4.52 Å². The lowest BCUT2D eigenvalue weighted by molar-refractivity contribution is -0.136. The molecule has 1 unspecified atom stereocenters. The van der Waals surface area contributed by atoms with E-state index in [2.05, 4.69) is 20.0 Å². The second kappa shape index (κ2) is 8.55. The highest BCUT2D eigenvalue weighted by molar-refractivity contribution is 6.00. The number of carbonyl (C=O) groups is 2. The molecular formula is C25H26N6O3. The molecule has 1 atom stereocenters. The molecule has 9 nitrogen and oxygen atoms in total. The number of para-hydroxylation sites is 1. The van der Waals surface area contributed by atoms with Gasteiger partial charge in [0.15, 0.2) is 0 Å². The number of hydrogen-bond acceptors (Lipinski definition) is 7. The Bertz CT molecular complexity index is 1180.